The van der Waals surface area contributed by atoms with E-state index in [1.165, 1.54) is 11.4 Å². The number of hydrogen-bond donors (Lipinski definition) is 2. The average molecular weight is 269 g/mol. The van der Waals surface area contributed by atoms with E-state index in [0.29, 0.717) is 18.0 Å². The second kappa shape index (κ2) is 5.92. The highest BCUT2D eigenvalue weighted by molar-refractivity contribution is 7.13. The molecule has 0 bridgehead atoms. The number of amides is 1. The summed E-state index contributed by atoms with van der Waals surface area (Å²) in [4.78, 5) is 21.8. The Bertz CT molecular complexity index is 440. The molecule has 0 saturated carbocycles. The molecule has 1 saturated heterocycles. The van der Waals surface area contributed by atoms with Gasteiger partial charge in [0.05, 0.1) is 10.5 Å². The van der Waals surface area contributed by atoms with Crippen LogP contribution in [0.3, 0.4) is 0 Å². The van der Waals surface area contributed by atoms with Gasteiger partial charge in [0.25, 0.3) is 5.91 Å². The summed E-state index contributed by atoms with van der Waals surface area (Å²) in [6.45, 7) is 2.58. The monoisotopic (exact) mass is 269 g/mol. The van der Waals surface area contributed by atoms with Crippen molar-refractivity contribution in [1.82, 2.24) is 10.6 Å². The molecule has 1 aromatic heterocycles. The third-order valence-electron chi connectivity index (χ3n) is 2.98. The molecule has 0 radical (unpaired) electrons. The van der Waals surface area contributed by atoms with Gasteiger partial charge in [0.2, 0.25) is 0 Å². The van der Waals surface area contributed by atoms with Gasteiger partial charge >= 0.3 is 5.00 Å². The number of nitrogens with zero attached hydrogens (tertiary/aromatic N) is 1. The van der Waals surface area contributed by atoms with Crippen molar-refractivity contribution in [3.05, 3.63) is 27.1 Å². The standard InChI is InChI=1S/C11H15N3O3S/c15-11(9-4-10(14(16)17)18-7-9)13-6-8-2-1-3-12-5-8/h4,7-8,12H,1-3,5-6H2,(H,13,15). The molecule has 1 unspecified atom stereocenters. The number of carbonyl (C=O) groups is 1. The lowest BCUT2D eigenvalue weighted by Gasteiger charge is -2.22. The van der Waals surface area contributed by atoms with Crippen LogP contribution in [0.4, 0.5) is 5.00 Å². The average Bonchev–Trinajstić information content (AvgIpc) is 2.87. The van der Waals surface area contributed by atoms with Gasteiger partial charge in [-0.05, 0) is 31.8 Å². The summed E-state index contributed by atoms with van der Waals surface area (Å²) in [6.07, 6.45) is 2.24. The summed E-state index contributed by atoms with van der Waals surface area (Å²) in [5.41, 5.74) is 0.371. The molecule has 1 aliphatic heterocycles. The van der Waals surface area contributed by atoms with Gasteiger partial charge in [-0.2, -0.15) is 0 Å². The maximum absolute atomic E-state index is 11.8. The Morgan fingerprint density at radius 3 is 3.11 bits per heavy atom. The van der Waals surface area contributed by atoms with E-state index in [2.05, 4.69) is 10.6 Å². The Hall–Kier alpha value is -1.47. The molecule has 1 amide bonds. The van der Waals surface area contributed by atoms with E-state index in [1.807, 2.05) is 0 Å². The lowest BCUT2D eigenvalue weighted by atomic mass is 10.00. The minimum atomic E-state index is -0.480. The predicted molar refractivity (Wildman–Crippen MR) is 68.9 cm³/mol. The predicted octanol–water partition coefficient (Wildman–Crippen LogP) is 1.39. The molecule has 18 heavy (non-hydrogen) atoms. The van der Waals surface area contributed by atoms with Crippen LogP contribution in [0.5, 0.6) is 0 Å². The van der Waals surface area contributed by atoms with Crippen molar-refractivity contribution < 1.29 is 9.72 Å². The number of thiophene rings is 1. The van der Waals surface area contributed by atoms with Crippen molar-refractivity contribution in [2.24, 2.45) is 5.92 Å². The summed E-state index contributed by atoms with van der Waals surface area (Å²) in [6, 6.07) is 1.32. The Kier molecular flexibility index (Phi) is 4.27. The van der Waals surface area contributed by atoms with Gasteiger partial charge in [0.1, 0.15) is 0 Å². The molecule has 1 aliphatic rings. The third-order valence-corrected chi connectivity index (χ3v) is 3.86. The van der Waals surface area contributed by atoms with Crippen LogP contribution < -0.4 is 10.6 Å². The molecule has 0 aromatic carbocycles. The van der Waals surface area contributed by atoms with Crippen LogP contribution in [-0.4, -0.2) is 30.5 Å². The lowest BCUT2D eigenvalue weighted by Crippen LogP contribution is -2.38. The van der Waals surface area contributed by atoms with E-state index in [-0.39, 0.29) is 10.9 Å². The molecule has 2 rings (SSSR count). The van der Waals surface area contributed by atoms with Crippen LogP contribution in [0, 0.1) is 16.0 Å². The van der Waals surface area contributed by atoms with E-state index in [1.54, 1.807) is 0 Å². The second-order valence-electron chi connectivity index (χ2n) is 4.35. The van der Waals surface area contributed by atoms with Gasteiger partial charge < -0.3 is 10.6 Å². The Morgan fingerprint density at radius 2 is 2.50 bits per heavy atom. The number of nitro groups is 1. The van der Waals surface area contributed by atoms with Crippen LogP contribution in [0.1, 0.15) is 23.2 Å². The topological polar surface area (TPSA) is 84.3 Å². The minimum absolute atomic E-state index is 0.000479. The second-order valence-corrected chi connectivity index (χ2v) is 5.24. The lowest BCUT2D eigenvalue weighted by molar-refractivity contribution is -0.380. The van der Waals surface area contributed by atoms with Crippen molar-refractivity contribution in [2.75, 3.05) is 19.6 Å². The number of carbonyl (C=O) groups excluding carboxylic acids is 1. The molecule has 0 spiro atoms. The van der Waals surface area contributed by atoms with Crippen molar-refractivity contribution in [3.63, 3.8) is 0 Å². The molecule has 1 aromatic rings. The molecule has 1 fully saturated rings. The van der Waals surface area contributed by atoms with E-state index in [4.69, 9.17) is 0 Å². The summed E-state index contributed by atoms with van der Waals surface area (Å²) < 4.78 is 0. The van der Waals surface area contributed by atoms with Gasteiger partial charge in [-0.15, -0.1) is 0 Å². The molecular formula is C11H15N3O3S. The summed E-state index contributed by atoms with van der Waals surface area (Å²) >= 11 is 0.975. The summed E-state index contributed by atoms with van der Waals surface area (Å²) in [5.74, 6) is 0.223. The molecule has 7 heteroatoms. The molecule has 2 heterocycles. The van der Waals surface area contributed by atoms with Gasteiger partial charge in [0, 0.05) is 18.0 Å². The normalized spacial score (nSPS) is 19.4. The van der Waals surface area contributed by atoms with Gasteiger partial charge in [0.15, 0.2) is 0 Å². The number of nitrogens with one attached hydrogen (secondary N) is 2. The highest BCUT2D eigenvalue weighted by atomic mass is 32.1. The van der Waals surface area contributed by atoms with E-state index >= 15 is 0 Å². The first kappa shape index (κ1) is 13.0. The van der Waals surface area contributed by atoms with Crippen LogP contribution >= 0.6 is 11.3 Å². The van der Waals surface area contributed by atoms with Crippen molar-refractivity contribution >= 4 is 22.2 Å². The van der Waals surface area contributed by atoms with Crippen molar-refractivity contribution in [2.45, 2.75) is 12.8 Å². The fourth-order valence-electron chi connectivity index (χ4n) is 1.98. The number of piperidine rings is 1. The van der Waals surface area contributed by atoms with Crippen molar-refractivity contribution in [3.8, 4) is 0 Å². The Labute approximate surface area is 109 Å². The zero-order valence-electron chi connectivity index (χ0n) is 9.85. The summed E-state index contributed by atoms with van der Waals surface area (Å²) in [5, 5.41) is 18.1. The van der Waals surface area contributed by atoms with E-state index in [0.717, 1.165) is 37.3 Å². The van der Waals surface area contributed by atoms with E-state index < -0.39 is 4.92 Å². The van der Waals surface area contributed by atoms with Crippen LogP contribution in [0.2, 0.25) is 0 Å². The first-order chi connectivity index (χ1) is 8.66. The van der Waals surface area contributed by atoms with Crippen molar-refractivity contribution in [1.29, 1.82) is 0 Å². The zero-order chi connectivity index (χ0) is 13.0. The number of hydrogen-bond acceptors (Lipinski definition) is 5. The molecular weight excluding hydrogens is 254 g/mol. The van der Waals surface area contributed by atoms with Gasteiger partial charge in [-0.1, -0.05) is 11.3 Å². The fourth-order valence-corrected chi connectivity index (χ4v) is 2.68. The van der Waals surface area contributed by atoms with E-state index in [9.17, 15) is 14.9 Å². The highest BCUT2D eigenvalue weighted by Gasteiger charge is 2.17. The molecule has 1 atom stereocenters. The van der Waals surface area contributed by atoms with Crippen LogP contribution in [-0.2, 0) is 0 Å². The fraction of sp³-hybridized carbons (Fsp3) is 0.545. The molecule has 0 aliphatic carbocycles. The van der Waals surface area contributed by atoms with Gasteiger partial charge in [-0.3, -0.25) is 14.9 Å². The first-order valence-corrected chi connectivity index (χ1v) is 6.76. The smallest absolute Gasteiger partial charge is 0.324 e. The third kappa shape index (κ3) is 3.27. The molecule has 98 valence electrons. The van der Waals surface area contributed by atoms with Gasteiger partial charge in [-0.25, -0.2) is 0 Å². The zero-order valence-corrected chi connectivity index (χ0v) is 10.7. The highest BCUT2D eigenvalue weighted by Crippen LogP contribution is 2.22. The molecule has 6 nitrogen and oxygen atoms in total. The number of rotatable bonds is 4. The van der Waals surface area contributed by atoms with Crippen LogP contribution in [0.15, 0.2) is 11.4 Å². The van der Waals surface area contributed by atoms with Crippen LogP contribution in [0.25, 0.3) is 0 Å². The molecule has 2 N–H and O–H groups in total. The summed E-state index contributed by atoms with van der Waals surface area (Å²) in [7, 11) is 0. The minimum Gasteiger partial charge on any atom is -0.352 e. The Balaban J connectivity index is 1.84. The maximum atomic E-state index is 11.8. The SMILES string of the molecule is O=C(NCC1CCCNC1)c1csc([N+](=O)[O-])c1. The maximum Gasteiger partial charge on any atom is 0.324 e. The largest absolute Gasteiger partial charge is 0.352 e. The first-order valence-electron chi connectivity index (χ1n) is 5.88. The quantitative estimate of drug-likeness (QED) is 0.639. The Morgan fingerprint density at radius 1 is 1.67 bits per heavy atom.